The number of carbonyl (C=O) groups is 1. The summed E-state index contributed by atoms with van der Waals surface area (Å²) in [7, 11) is 0. The number of nitrogens with zero attached hydrogens (tertiary/aromatic N) is 3. The van der Waals surface area contributed by atoms with Crippen molar-refractivity contribution in [3.63, 3.8) is 0 Å². The predicted octanol–water partition coefficient (Wildman–Crippen LogP) is 3.74. The maximum absolute atomic E-state index is 13.5. The molecule has 0 aliphatic rings. The third-order valence-electron chi connectivity index (χ3n) is 5.87. The van der Waals surface area contributed by atoms with Crippen molar-refractivity contribution < 1.29 is 9.21 Å². The van der Waals surface area contributed by atoms with E-state index in [9.17, 15) is 14.4 Å². The lowest BCUT2D eigenvalue weighted by Crippen LogP contribution is -2.41. The highest BCUT2D eigenvalue weighted by molar-refractivity contribution is 5.95. The van der Waals surface area contributed by atoms with Crippen molar-refractivity contribution in [3.8, 4) is 11.3 Å². The first kappa shape index (κ1) is 24.7. The highest BCUT2D eigenvalue weighted by Crippen LogP contribution is 2.23. The molecule has 0 saturated carbocycles. The average molecular weight is 488 g/mol. The zero-order chi connectivity index (χ0) is 25.5. The first-order valence-electron chi connectivity index (χ1n) is 11.9. The molecule has 0 unspecified atom stereocenters. The van der Waals surface area contributed by atoms with Crippen LogP contribution in [0.15, 0.2) is 80.9 Å². The summed E-state index contributed by atoms with van der Waals surface area (Å²) >= 11 is 0. The first-order chi connectivity index (χ1) is 17.5. The monoisotopic (exact) mass is 487 g/mol. The Kier molecular flexibility index (Phi) is 7.79. The smallest absolute Gasteiger partial charge is 0.330 e. The number of rotatable bonds is 10. The van der Waals surface area contributed by atoms with E-state index < -0.39 is 11.2 Å². The summed E-state index contributed by atoms with van der Waals surface area (Å²) < 4.78 is 7.14. The van der Waals surface area contributed by atoms with Gasteiger partial charge in [0.1, 0.15) is 5.82 Å². The van der Waals surface area contributed by atoms with E-state index in [1.54, 1.807) is 6.20 Å². The number of hydrogen-bond acceptors (Lipinski definition) is 6. The molecule has 0 radical (unpaired) electrons. The molecule has 0 saturated heterocycles. The minimum absolute atomic E-state index is 0.0241. The van der Waals surface area contributed by atoms with Crippen LogP contribution in [0, 0.1) is 0 Å². The number of amides is 1. The summed E-state index contributed by atoms with van der Waals surface area (Å²) in [4.78, 5) is 46.7. The van der Waals surface area contributed by atoms with Gasteiger partial charge in [0.05, 0.1) is 12.7 Å². The second-order valence-electron chi connectivity index (χ2n) is 8.45. The molecule has 186 valence electrons. The van der Waals surface area contributed by atoms with Crippen LogP contribution in [0.3, 0.4) is 0 Å². The summed E-state index contributed by atoms with van der Waals surface area (Å²) in [5.74, 6) is 0.666. The predicted molar refractivity (Wildman–Crippen MR) is 139 cm³/mol. The largest absolute Gasteiger partial charge is 0.441 e. The highest BCUT2D eigenvalue weighted by atomic mass is 16.4. The van der Waals surface area contributed by atoms with Crippen LogP contribution in [0.2, 0.25) is 0 Å². The number of benzene rings is 2. The minimum Gasteiger partial charge on any atom is -0.441 e. The van der Waals surface area contributed by atoms with Crippen LogP contribution in [0.5, 0.6) is 0 Å². The third-order valence-corrected chi connectivity index (χ3v) is 5.87. The lowest BCUT2D eigenvalue weighted by molar-refractivity contribution is -0.118. The number of unbranched alkanes of at least 4 members (excludes halogenated alkanes) is 1. The number of anilines is 2. The number of oxazole rings is 1. The molecular formula is C27H29N5O4. The van der Waals surface area contributed by atoms with Crippen molar-refractivity contribution >= 4 is 17.4 Å². The van der Waals surface area contributed by atoms with Crippen LogP contribution < -0.4 is 21.9 Å². The molecule has 9 heteroatoms. The van der Waals surface area contributed by atoms with Gasteiger partial charge >= 0.3 is 5.69 Å². The molecular weight excluding hydrogens is 458 g/mol. The Morgan fingerprint density at radius 2 is 1.78 bits per heavy atom. The number of H-pyrrole nitrogens is 1. The van der Waals surface area contributed by atoms with Gasteiger partial charge in [-0.25, -0.2) is 9.78 Å². The molecule has 36 heavy (non-hydrogen) atoms. The van der Waals surface area contributed by atoms with Crippen LogP contribution in [0.25, 0.3) is 11.3 Å². The normalized spacial score (nSPS) is 10.9. The number of nitrogen functional groups attached to an aromatic ring is 1. The number of aromatic amines is 1. The third kappa shape index (κ3) is 5.63. The quantitative estimate of drug-likeness (QED) is 0.351. The van der Waals surface area contributed by atoms with Crippen molar-refractivity contribution in [1.29, 1.82) is 0 Å². The Morgan fingerprint density at radius 1 is 1.08 bits per heavy atom. The van der Waals surface area contributed by atoms with Gasteiger partial charge in [-0.05, 0) is 12.0 Å². The van der Waals surface area contributed by atoms with E-state index in [-0.39, 0.29) is 36.8 Å². The van der Waals surface area contributed by atoms with Crippen molar-refractivity contribution in [2.45, 2.75) is 45.7 Å². The van der Waals surface area contributed by atoms with E-state index in [2.05, 4.69) is 9.97 Å². The molecule has 4 rings (SSSR count). The SMILES string of the molecule is CCCCn1c(N)c(N(Cc2ccccc2)C(=O)CCc2ncc(-c3ccccc3)o2)c(=O)[nH]c1=O. The lowest BCUT2D eigenvalue weighted by atomic mass is 10.1. The van der Waals surface area contributed by atoms with Crippen molar-refractivity contribution in [2.75, 3.05) is 10.6 Å². The van der Waals surface area contributed by atoms with E-state index in [4.69, 9.17) is 10.2 Å². The molecule has 0 bridgehead atoms. The molecule has 2 heterocycles. The maximum atomic E-state index is 13.5. The van der Waals surface area contributed by atoms with Gasteiger partial charge in [-0.2, -0.15) is 0 Å². The van der Waals surface area contributed by atoms with Crippen molar-refractivity contribution in [2.24, 2.45) is 0 Å². The first-order valence-corrected chi connectivity index (χ1v) is 11.9. The molecule has 4 aromatic rings. The molecule has 1 amide bonds. The molecule has 0 atom stereocenters. The van der Waals surface area contributed by atoms with Crippen molar-refractivity contribution in [1.82, 2.24) is 14.5 Å². The van der Waals surface area contributed by atoms with Gasteiger partial charge in [-0.15, -0.1) is 0 Å². The van der Waals surface area contributed by atoms with Crippen LogP contribution in [0.4, 0.5) is 11.5 Å². The Bertz CT molecular complexity index is 1420. The second-order valence-corrected chi connectivity index (χ2v) is 8.45. The van der Waals surface area contributed by atoms with E-state index in [1.807, 2.05) is 67.6 Å². The fourth-order valence-corrected chi connectivity index (χ4v) is 3.94. The number of aromatic nitrogens is 3. The van der Waals surface area contributed by atoms with Gasteiger partial charge in [0.25, 0.3) is 5.56 Å². The van der Waals surface area contributed by atoms with Crippen LogP contribution in [-0.2, 0) is 24.3 Å². The van der Waals surface area contributed by atoms with E-state index in [1.165, 1.54) is 9.47 Å². The summed E-state index contributed by atoms with van der Waals surface area (Å²) in [6.45, 7) is 2.46. The Hall–Kier alpha value is -4.40. The summed E-state index contributed by atoms with van der Waals surface area (Å²) in [5, 5.41) is 0. The molecule has 3 N–H and O–H groups in total. The van der Waals surface area contributed by atoms with Gasteiger partial charge < -0.3 is 15.1 Å². The fraction of sp³-hybridized carbons (Fsp3) is 0.259. The molecule has 0 fully saturated rings. The zero-order valence-corrected chi connectivity index (χ0v) is 20.1. The Balaban J connectivity index is 1.62. The van der Waals surface area contributed by atoms with E-state index >= 15 is 0 Å². The van der Waals surface area contributed by atoms with E-state index in [0.717, 1.165) is 17.5 Å². The topological polar surface area (TPSA) is 127 Å². The van der Waals surface area contributed by atoms with Crippen LogP contribution in [0.1, 0.15) is 37.6 Å². The van der Waals surface area contributed by atoms with Gasteiger partial charge in [0, 0.05) is 24.9 Å². The van der Waals surface area contributed by atoms with Crippen LogP contribution in [-0.4, -0.2) is 20.4 Å². The second kappa shape index (κ2) is 11.4. The fourth-order valence-electron chi connectivity index (χ4n) is 3.94. The van der Waals surface area contributed by atoms with Crippen molar-refractivity contribution in [3.05, 3.63) is 99.2 Å². The molecule has 2 aromatic carbocycles. The highest BCUT2D eigenvalue weighted by Gasteiger charge is 2.25. The number of nitrogens with two attached hydrogens (primary N) is 1. The summed E-state index contributed by atoms with van der Waals surface area (Å²) in [6, 6.07) is 18.9. The standard InChI is InChI=1S/C27H29N5O4/c1-2-3-16-31-25(28)24(26(34)30-27(31)35)32(18-19-10-6-4-7-11-19)23(33)15-14-22-29-17-21(36-22)20-12-8-5-9-13-20/h4-13,17H,2-3,14-16,18,28H2,1H3,(H,30,34,35). The number of carbonyl (C=O) groups excluding carboxylic acids is 1. The van der Waals surface area contributed by atoms with Gasteiger partial charge in [0.15, 0.2) is 17.3 Å². The van der Waals surface area contributed by atoms with Gasteiger partial charge in [-0.3, -0.25) is 19.1 Å². The number of hydrogen-bond donors (Lipinski definition) is 2. The summed E-state index contributed by atoms with van der Waals surface area (Å²) in [6.07, 6.45) is 3.45. The Labute approximate surface area is 208 Å². The molecule has 9 nitrogen and oxygen atoms in total. The molecule has 0 spiro atoms. The maximum Gasteiger partial charge on any atom is 0.330 e. The average Bonchev–Trinajstić information content (AvgIpc) is 3.37. The lowest BCUT2D eigenvalue weighted by Gasteiger charge is -2.24. The number of nitrogens with one attached hydrogen (secondary N) is 1. The number of aryl methyl sites for hydroxylation is 1. The van der Waals surface area contributed by atoms with E-state index in [0.29, 0.717) is 24.6 Å². The minimum atomic E-state index is -0.697. The summed E-state index contributed by atoms with van der Waals surface area (Å²) in [5.41, 5.74) is 6.70. The van der Waals surface area contributed by atoms with Gasteiger partial charge in [0.2, 0.25) is 5.91 Å². The van der Waals surface area contributed by atoms with Crippen LogP contribution >= 0.6 is 0 Å². The molecule has 0 aliphatic heterocycles. The zero-order valence-electron chi connectivity index (χ0n) is 20.1. The molecule has 0 aliphatic carbocycles. The molecule has 2 aromatic heterocycles. The van der Waals surface area contributed by atoms with Gasteiger partial charge in [-0.1, -0.05) is 74.0 Å². The Morgan fingerprint density at radius 3 is 2.47 bits per heavy atom.